The molecule has 3 aliphatic heterocycles. The van der Waals surface area contributed by atoms with Crippen LogP contribution < -0.4 is 4.74 Å². The van der Waals surface area contributed by atoms with Gasteiger partial charge in [0.2, 0.25) is 0 Å². The number of fused-ring (bicyclic) bond motifs is 5. The lowest BCUT2D eigenvalue weighted by Crippen LogP contribution is -2.59. The van der Waals surface area contributed by atoms with Crippen LogP contribution in [0.25, 0.3) is 11.3 Å². The number of aromatic nitrogens is 3. The number of esters is 1. The number of nitrogens with zero attached hydrogens (tertiary/aromatic N) is 4. The van der Waals surface area contributed by atoms with Crippen LogP contribution in [0.3, 0.4) is 0 Å². The number of carbonyl (C=O) groups is 2. The van der Waals surface area contributed by atoms with Gasteiger partial charge in [-0.15, -0.1) is 5.10 Å². The Morgan fingerprint density at radius 1 is 0.864 bits per heavy atom. The van der Waals surface area contributed by atoms with Gasteiger partial charge in [-0.3, -0.25) is 9.59 Å². The molecule has 6 aliphatic rings. The van der Waals surface area contributed by atoms with Gasteiger partial charge >= 0.3 is 5.97 Å². The molecule has 66 heavy (non-hydrogen) atoms. The zero-order valence-corrected chi connectivity index (χ0v) is 40.5. The summed E-state index contributed by atoms with van der Waals surface area (Å²) in [5, 5.41) is 22.3. The summed E-state index contributed by atoms with van der Waals surface area (Å²) in [4.78, 5) is 31.5. The van der Waals surface area contributed by atoms with E-state index in [1.54, 1.807) is 33.1 Å². The second kappa shape index (κ2) is 21.1. The van der Waals surface area contributed by atoms with Crippen molar-refractivity contribution in [2.75, 3.05) is 42.5 Å². The van der Waals surface area contributed by atoms with Gasteiger partial charge in [-0.05, 0) is 127 Å². The fourth-order valence-corrected chi connectivity index (χ4v) is 12.7. The third kappa shape index (κ3) is 9.78. The van der Waals surface area contributed by atoms with Crippen LogP contribution in [0, 0.1) is 35.5 Å². The molecule has 3 aliphatic carbocycles. The Balaban J connectivity index is 1.14. The van der Waals surface area contributed by atoms with E-state index in [0.29, 0.717) is 43.4 Å². The molecule has 366 valence electrons. The molecule has 8 rings (SSSR count). The van der Waals surface area contributed by atoms with E-state index in [9.17, 15) is 9.90 Å². The lowest BCUT2D eigenvalue weighted by atomic mass is 9.62. The predicted octanol–water partition coefficient (Wildman–Crippen LogP) is 5.80. The van der Waals surface area contributed by atoms with Crippen LogP contribution in [0.5, 0.6) is 5.75 Å². The minimum atomic E-state index is -1.00. The fourth-order valence-electron chi connectivity index (χ4n) is 12.7. The van der Waals surface area contributed by atoms with Crippen LogP contribution in [-0.4, -0.2) is 153 Å². The van der Waals surface area contributed by atoms with Gasteiger partial charge in [-0.25, -0.2) is 4.68 Å². The third-order valence-corrected chi connectivity index (χ3v) is 16.1. The summed E-state index contributed by atoms with van der Waals surface area (Å²) in [5.74, 6) is -1.74. The van der Waals surface area contributed by atoms with E-state index in [1.807, 2.05) is 51.2 Å². The molecule has 16 heteroatoms. The lowest BCUT2D eigenvalue weighted by Gasteiger charge is -2.46. The third-order valence-electron chi connectivity index (χ3n) is 16.1. The van der Waals surface area contributed by atoms with Gasteiger partial charge in [0.05, 0.1) is 56.3 Å². The summed E-state index contributed by atoms with van der Waals surface area (Å²) < 4.78 is 57.6. The van der Waals surface area contributed by atoms with Crippen molar-refractivity contribution in [1.82, 2.24) is 19.9 Å². The highest BCUT2D eigenvalue weighted by atomic mass is 16.7. The van der Waals surface area contributed by atoms with Gasteiger partial charge in [0, 0.05) is 50.7 Å². The van der Waals surface area contributed by atoms with Gasteiger partial charge in [0.1, 0.15) is 35.9 Å². The topological polar surface area (TPSA) is 171 Å². The van der Waals surface area contributed by atoms with E-state index in [2.05, 4.69) is 42.3 Å². The predicted molar refractivity (Wildman–Crippen MR) is 242 cm³/mol. The summed E-state index contributed by atoms with van der Waals surface area (Å²) in [5.41, 5.74) is 2.07. The Bertz CT molecular complexity index is 1980. The Morgan fingerprint density at radius 3 is 2.26 bits per heavy atom. The molecule has 5 unspecified atom stereocenters. The number of rotatable bonds is 12. The lowest BCUT2D eigenvalue weighted by molar-refractivity contribution is -0.314. The number of aliphatic hydroxyl groups excluding tert-OH is 1. The number of ether oxygens (including phenoxy) is 9. The SMILES string of the molecule is CC[C@H]1CCC[C@H](O[C@H]2CC[C@H](N(C)C)C(C)O2)[C@@H](C)C(=O)C2=C[C@H]3[C@@H]4C[C@H](O[C@@H]5OC(C)[C@H](OC)C(OC)[C@@H]5OC)C[C@H]4C(n4cc(-c5ccc(OC)cc5)nn4)C(O)[C@H]3[C@@H]2CC(=O)O1. The van der Waals surface area contributed by atoms with E-state index < -0.39 is 60.8 Å². The number of allylic oxidation sites excluding steroid dienone is 2. The Kier molecular flexibility index (Phi) is 15.7. The average Bonchev–Trinajstić information content (AvgIpc) is 4.05. The molecule has 0 amide bonds. The molecule has 4 heterocycles. The van der Waals surface area contributed by atoms with Crippen molar-refractivity contribution in [2.24, 2.45) is 35.5 Å². The average molecular weight is 923 g/mol. The Morgan fingerprint density at radius 2 is 1.59 bits per heavy atom. The number of benzene rings is 1. The molecule has 2 saturated carbocycles. The minimum absolute atomic E-state index is 0.0269. The molecule has 1 aromatic carbocycles. The maximum absolute atomic E-state index is 15.2. The van der Waals surface area contributed by atoms with Crippen molar-refractivity contribution >= 4 is 11.8 Å². The monoisotopic (exact) mass is 923 g/mol. The summed E-state index contributed by atoms with van der Waals surface area (Å²) in [7, 11) is 10.7. The van der Waals surface area contributed by atoms with Crippen LogP contribution in [0.15, 0.2) is 42.1 Å². The molecular formula is C50H74N4O12. The number of aliphatic hydroxyl groups is 1. The first-order chi connectivity index (χ1) is 31.8. The minimum Gasteiger partial charge on any atom is -0.497 e. The Labute approximate surface area is 390 Å². The number of hydrogen-bond acceptors (Lipinski definition) is 15. The standard InChI is InChI=1S/C50H74N4O12/c1-11-30-13-12-14-40(66-42-20-19-39(53(5)6)27(3)62-42)26(2)45(56)37-23-34-33-21-32(65-50-49(61-10)48(60-9)47(59-8)28(4)63-50)22-36(33)44(46(57)43(34)35(37)24-41(55)64-30)54-25-38(51-52-54)29-15-17-31(58-7)18-16-29/h15-18,23,25-28,30,32-36,39-40,42-44,46-50,57H,11-14,19-22,24H2,1-10H3/t26-,27?,28?,30+,32+,33+,34+,35-,36-,39+,40+,42+,43-,44?,46?,47+,48?,49+,50+/m1/s1. The molecular weight excluding hydrogens is 849 g/mol. The molecule has 3 saturated heterocycles. The van der Waals surface area contributed by atoms with E-state index >= 15 is 4.79 Å². The van der Waals surface area contributed by atoms with Crippen LogP contribution in [0.4, 0.5) is 0 Å². The Hall–Kier alpha value is -3.32. The molecule has 16 nitrogen and oxygen atoms in total. The largest absolute Gasteiger partial charge is 0.497 e. The number of hydrogen-bond donors (Lipinski definition) is 1. The van der Waals surface area contributed by atoms with Crippen molar-refractivity contribution < 1.29 is 57.3 Å². The number of carbonyl (C=O) groups excluding carboxylic acids is 2. The van der Waals surface area contributed by atoms with Gasteiger partial charge in [0.25, 0.3) is 0 Å². The van der Waals surface area contributed by atoms with Crippen molar-refractivity contribution in [2.45, 2.75) is 165 Å². The number of ketones is 1. The molecule has 5 fully saturated rings. The highest BCUT2D eigenvalue weighted by Gasteiger charge is 2.60. The summed E-state index contributed by atoms with van der Waals surface area (Å²) in [6.45, 7) is 8.01. The van der Waals surface area contributed by atoms with E-state index in [4.69, 9.17) is 42.6 Å². The second-order valence-corrected chi connectivity index (χ2v) is 19.9. The summed E-state index contributed by atoms with van der Waals surface area (Å²) >= 11 is 0. The first-order valence-electron chi connectivity index (χ1n) is 24.3. The van der Waals surface area contributed by atoms with Crippen LogP contribution in [0.1, 0.15) is 91.5 Å². The quantitative estimate of drug-likeness (QED) is 0.253. The van der Waals surface area contributed by atoms with E-state index in [0.717, 1.165) is 30.6 Å². The molecule has 2 aromatic rings. The smallest absolute Gasteiger partial charge is 0.306 e. The van der Waals surface area contributed by atoms with Crippen LogP contribution >= 0.6 is 0 Å². The second-order valence-electron chi connectivity index (χ2n) is 19.9. The van der Waals surface area contributed by atoms with E-state index in [1.165, 1.54) is 0 Å². The maximum Gasteiger partial charge on any atom is 0.306 e. The molecule has 0 radical (unpaired) electrons. The molecule has 0 bridgehead atoms. The van der Waals surface area contributed by atoms with Crippen molar-refractivity contribution in [3.63, 3.8) is 0 Å². The highest BCUT2D eigenvalue weighted by Crippen LogP contribution is 2.60. The van der Waals surface area contributed by atoms with Crippen LogP contribution in [0.2, 0.25) is 0 Å². The number of likely N-dealkylation sites (N-methyl/N-ethyl adjacent to an activating group) is 1. The number of cyclic esters (lactones) is 1. The van der Waals surface area contributed by atoms with Crippen molar-refractivity contribution in [1.29, 1.82) is 0 Å². The first-order valence-corrected chi connectivity index (χ1v) is 24.3. The maximum atomic E-state index is 15.2. The molecule has 19 atom stereocenters. The number of methoxy groups -OCH3 is 4. The summed E-state index contributed by atoms with van der Waals surface area (Å²) in [6, 6.07) is 7.35. The molecule has 1 N–H and O–H groups in total. The van der Waals surface area contributed by atoms with Crippen molar-refractivity contribution in [3.05, 3.63) is 42.1 Å². The highest BCUT2D eigenvalue weighted by molar-refractivity contribution is 5.99. The number of Topliss-reactive ketones (excluding diaryl/α,β-unsaturated/α-hetero) is 1. The van der Waals surface area contributed by atoms with Gasteiger partial charge in [0.15, 0.2) is 18.4 Å². The molecule has 0 spiro atoms. The fraction of sp³-hybridized carbons (Fsp3) is 0.760. The zero-order valence-electron chi connectivity index (χ0n) is 40.5. The van der Waals surface area contributed by atoms with Crippen molar-refractivity contribution in [3.8, 4) is 17.0 Å². The zero-order chi connectivity index (χ0) is 47.0. The van der Waals surface area contributed by atoms with Gasteiger partial charge in [-0.1, -0.05) is 25.1 Å². The van der Waals surface area contributed by atoms with Crippen LogP contribution in [-0.2, 0) is 47.5 Å². The van der Waals surface area contributed by atoms with E-state index in [-0.39, 0.29) is 72.5 Å². The van der Waals surface area contributed by atoms with Gasteiger partial charge in [-0.2, -0.15) is 0 Å². The molecule has 1 aromatic heterocycles. The summed E-state index contributed by atoms with van der Waals surface area (Å²) in [6.07, 6.45) is 4.59. The first kappa shape index (κ1) is 49.1. The normalized spacial score (nSPS) is 41.0. The van der Waals surface area contributed by atoms with Gasteiger partial charge < -0.3 is 52.6 Å².